The summed E-state index contributed by atoms with van der Waals surface area (Å²) >= 11 is 0. The Morgan fingerprint density at radius 3 is 2.47 bits per heavy atom. The van der Waals surface area contributed by atoms with E-state index in [2.05, 4.69) is 0 Å². The fourth-order valence-corrected chi connectivity index (χ4v) is 1.07. The van der Waals surface area contributed by atoms with E-state index in [9.17, 15) is 9.59 Å². The predicted molar refractivity (Wildman–Crippen MR) is 57.3 cm³/mol. The lowest BCUT2D eigenvalue weighted by Gasteiger charge is -2.17. The Morgan fingerprint density at radius 1 is 1.40 bits per heavy atom. The Kier molecular flexibility index (Phi) is 6.70. The highest BCUT2D eigenvalue weighted by molar-refractivity contribution is 5.76. The molecular weight excluding hydrogens is 196 g/mol. The minimum absolute atomic E-state index is 0.00528. The van der Waals surface area contributed by atoms with Crippen molar-refractivity contribution in [2.45, 2.75) is 26.2 Å². The Balaban J connectivity index is 3.74. The van der Waals surface area contributed by atoms with Crippen LogP contribution >= 0.6 is 0 Å². The van der Waals surface area contributed by atoms with Gasteiger partial charge in [-0.1, -0.05) is 6.92 Å². The quantitative estimate of drug-likeness (QED) is 0.641. The van der Waals surface area contributed by atoms with Gasteiger partial charge in [-0.2, -0.15) is 0 Å². The second-order valence-corrected chi connectivity index (χ2v) is 3.84. The third-order valence-corrected chi connectivity index (χ3v) is 2.34. The molecule has 0 aromatic carbocycles. The summed E-state index contributed by atoms with van der Waals surface area (Å²) in [5, 5.41) is 8.45. The molecule has 0 aliphatic rings. The molecule has 88 valence electrons. The fraction of sp³-hybridized carbons (Fsp3) is 0.800. The van der Waals surface area contributed by atoms with Crippen LogP contribution in [0.4, 0.5) is 0 Å². The van der Waals surface area contributed by atoms with E-state index < -0.39 is 5.97 Å². The van der Waals surface area contributed by atoms with E-state index in [1.165, 1.54) is 4.90 Å². The molecule has 3 N–H and O–H groups in total. The molecule has 5 nitrogen and oxygen atoms in total. The molecule has 5 heteroatoms. The zero-order valence-corrected chi connectivity index (χ0v) is 9.40. The number of hydrogen-bond donors (Lipinski definition) is 2. The van der Waals surface area contributed by atoms with Gasteiger partial charge in [-0.25, -0.2) is 0 Å². The van der Waals surface area contributed by atoms with Crippen molar-refractivity contribution in [3.05, 3.63) is 0 Å². The summed E-state index contributed by atoms with van der Waals surface area (Å²) in [5.74, 6) is -0.566. The largest absolute Gasteiger partial charge is 0.481 e. The van der Waals surface area contributed by atoms with Crippen LogP contribution in [-0.2, 0) is 9.59 Å². The summed E-state index contributed by atoms with van der Waals surface area (Å²) in [6, 6.07) is 0. The number of carboxylic acids is 1. The van der Waals surface area contributed by atoms with Crippen molar-refractivity contribution < 1.29 is 14.7 Å². The number of carbonyl (C=O) groups is 2. The SMILES string of the molecule is CC(CN)CCC(=O)N(C)CCC(=O)O. The number of nitrogens with zero attached hydrogens (tertiary/aromatic N) is 1. The standard InChI is InChI=1S/C10H20N2O3/c1-8(7-11)3-4-9(13)12(2)6-5-10(14)15/h8H,3-7,11H2,1-2H3,(H,14,15). The van der Waals surface area contributed by atoms with Crippen LogP contribution in [0, 0.1) is 5.92 Å². The molecule has 1 atom stereocenters. The maximum Gasteiger partial charge on any atom is 0.305 e. The van der Waals surface area contributed by atoms with E-state index in [0.717, 1.165) is 6.42 Å². The van der Waals surface area contributed by atoms with Gasteiger partial charge in [0.05, 0.1) is 6.42 Å². The van der Waals surface area contributed by atoms with Gasteiger partial charge in [0.2, 0.25) is 5.91 Å². The minimum Gasteiger partial charge on any atom is -0.481 e. The van der Waals surface area contributed by atoms with Gasteiger partial charge in [0.15, 0.2) is 0 Å². The summed E-state index contributed by atoms with van der Waals surface area (Å²) < 4.78 is 0. The minimum atomic E-state index is -0.884. The molecule has 0 saturated heterocycles. The summed E-state index contributed by atoms with van der Waals surface area (Å²) in [5.41, 5.74) is 5.43. The average molecular weight is 216 g/mol. The summed E-state index contributed by atoms with van der Waals surface area (Å²) in [6.45, 7) is 2.84. The second kappa shape index (κ2) is 7.23. The van der Waals surface area contributed by atoms with Crippen LogP contribution in [0.25, 0.3) is 0 Å². The van der Waals surface area contributed by atoms with Crippen LogP contribution in [0.15, 0.2) is 0 Å². The molecule has 0 fully saturated rings. The molecule has 0 heterocycles. The molecule has 15 heavy (non-hydrogen) atoms. The maximum atomic E-state index is 11.5. The van der Waals surface area contributed by atoms with Crippen LogP contribution in [0.1, 0.15) is 26.2 Å². The van der Waals surface area contributed by atoms with Crippen molar-refractivity contribution in [2.24, 2.45) is 11.7 Å². The Labute approximate surface area is 90.2 Å². The van der Waals surface area contributed by atoms with Crippen molar-refractivity contribution in [3.8, 4) is 0 Å². The average Bonchev–Trinajstić information content (AvgIpc) is 2.21. The van der Waals surface area contributed by atoms with Crippen molar-refractivity contribution in [1.29, 1.82) is 0 Å². The third-order valence-electron chi connectivity index (χ3n) is 2.34. The van der Waals surface area contributed by atoms with Gasteiger partial charge < -0.3 is 15.7 Å². The Hall–Kier alpha value is -1.10. The van der Waals surface area contributed by atoms with Gasteiger partial charge in [0, 0.05) is 20.0 Å². The number of hydrogen-bond acceptors (Lipinski definition) is 3. The van der Waals surface area contributed by atoms with E-state index >= 15 is 0 Å². The van der Waals surface area contributed by atoms with Crippen molar-refractivity contribution in [1.82, 2.24) is 4.90 Å². The van der Waals surface area contributed by atoms with Gasteiger partial charge in [-0.05, 0) is 18.9 Å². The predicted octanol–water partition coefficient (Wildman–Crippen LogP) is 0.295. The highest BCUT2D eigenvalue weighted by Gasteiger charge is 2.11. The third kappa shape index (κ3) is 6.90. The summed E-state index contributed by atoms with van der Waals surface area (Å²) in [4.78, 5) is 23.2. The summed E-state index contributed by atoms with van der Waals surface area (Å²) in [6.07, 6.45) is 1.19. The first kappa shape index (κ1) is 13.9. The molecule has 0 aromatic rings. The molecule has 0 saturated carbocycles. The van der Waals surface area contributed by atoms with Gasteiger partial charge >= 0.3 is 5.97 Å². The summed E-state index contributed by atoms with van der Waals surface area (Å²) in [7, 11) is 1.62. The normalized spacial score (nSPS) is 12.2. The van der Waals surface area contributed by atoms with Crippen LogP contribution in [0.5, 0.6) is 0 Å². The van der Waals surface area contributed by atoms with Crippen LogP contribution in [0.2, 0.25) is 0 Å². The smallest absolute Gasteiger partial charge is 0.305 e. The molecule has 0 aliphatic carbocycles. The van der Waals surface area contributed by atoms with Crippen LogP contribution in [0.3, 0.4) is 0 Å². The van der Waals surface area contributed by atoms with Crippen molar-refractivity contribution in [3.63, 3.8) is 0 Å². The lowest BCUT2D eigenvalue weighted by atomic mass is 10.1. The van der Waals surface area contributed by atoms with E-state index in [1.807, 2.05) is 6.92 Å². The van der Waals surface area contributed by atoms with E-state index in [-0.39, 0.29) is 18.9 Å². The lowest BCUT2D eigenvalue weighted by molar-refractivity contribution is -0.138. The molecule has 0 rings (SSSR count). The molecule has 0 aromatic heterocycles. The van der Waals surface area contributed by atoms with Gasteiger partial charge in [-0.3, -0.25) is 9.59 Å². The van der Waals surface area contributed by atoms with Gasteiger partial charge in [0.1, 0.15) is 0 Å². The zero-order chi connectivity index (χ0) is 11.8. The first-order chi connectivity index (χ1) is 6.97. The lowest BCUT2D eigenvalue weighted by Crippen LogP contribution is -2.29. The first-order valence-electron chi connectivity index (χ1n) is 5.13. The van der Waals surface area contributed by atoms with Crippen LogP contribution < -0.4 is 5.73 Å². The van der Waals surface area contributed by atoms with Crippen LogP contribution in [-0.4, -0.2) is 42.0 Å². The first-order valence-corrected chi connectivity index (χ1v) is 5.13. The molecule has 0 radical (unpaired) electrons. The topological polar surface area (TPSA) is 83.6 Å². The molecule has 0 spiro atoms. The number of nitrogens with two attached hydrogens (primary N) is 1. The highest BCUT2D eigenvalue weighted by atomic mass is 16.4. The molecule has 0 aliphatic heterocycles. The van der Waals surface area contributed by atoms with E-state index in [1.54, 1.807) is 7.05 Å². The monoisotopic (exact) mass is 216 g/mol. The molecule has 1 amide bonds. The van der Waals surface area contributed by atoms with Gasteiger partial charge in [0.25, 0.3) is 0 Å². The molecule has 0 bridgehead atoms. The Morgan fingerprint density at radius 2 is 2.00 bits per heavy atom. The highest BCUT2D eigenvalue weighted by Crippen LogP contribution is 2.05. The number of amides is 1. The molecular formula is C10H20N2O3. The molecule has 1 unspecified atom stereocenters. The Bertz CT molecular complexity index is 219. The van der Waals surface area contributed by atoms with E-state index in [0.29, 0.717) is 18.9 Å². The maximum absolute atomic E-state index is 11.5. The number of rotatable bonds is 7. The van der Waals surface area contributed by atoms with Gasteiger partial charge in [-0.15, -0.1) is 0 Å². The van der Waals surface area contributed by atoms with E-state index in [4.69, 9.17) is 10.8 Å². The number of carbonyl (C=O) groups excluding carboxylic acids is 1. The van der Waals surface area contributed by atoms with Crippen molar-refractivity contribution in [2.75, 3.05) is 20.1 Å². The zero-order valence-electron chi connectivity index (χ0n) is 9.40. The second-order valence-electron chi connectivity index (χ2n) is 3.84. The van der Waals surface area contributed by atoms with Crippen molar-refractivity contribution >= 4 is 11.9 Å². The number of carboxylic acid groups (broad SMARTS) is 1. The fourth-order valence-electron chi connectivity index (χ4n) is 1.07. The number of aliphatic carboxylic acids is 1.